The minimum Gasteiger partial charge on any atom is -0.366 e. The van der Waals surface area contributed by atoms with Crippen LogP contribution in [0.25, 0.3) is 16.9 Å². The highest BCUT2D eigenvalue weighted by Gasteiger charge is 2.27. The maximum Gasteiger partial charge on any atom is 0.255 e. The molecule has 162 valence electrons. The summed E-state index contributed by atoms with van der Waals surface area (Å²) in [6.45, 7) is 8.94. The number of hydrogen-bond donors (Lipinski definition) is 2. The molecule has 0 radical (unpaired) electrons. The number of fused-ring (bicyclic) bond motifs is 1. The molecule has 0 saturated heterocycles. The molecule has 2 N–H and O–H groups in total. The normalized spacial score (nSPS) is 13.1. The van der Waals surface area contributed by atoms with Crippen LogP contribution in [0.1, 0.15) is 39.7 Å². The van der Waals surface area contributed by atoms with Crippen LogP contribution < -0.4 is 10.6 Å². The summed E-state index contributed by atoms with van der Waals surface area (Å²) in [5, 5.41) is 10.5. The highest BCUT2D eigenvalue weighted by atomic mass is 35.5. The molecular weight excluding hydrogens is 410 g/mol. The molecule has 3 rings (SSSR count). The van der Waals surface area contributed by atoms with Crippen LogP contribution in [0, 0.1) is 17.0 Å². The fraction of sp³-hybridized carbons (Fsp3) is 0.476. The Balaban J connectivity index is 2.16. The summed E-state index contributed by atoms with van der Waals surface area (Å²) in [4.78, 5) is 8.25. The van der Waals surface area contributed by atoms with Crippen LogP contribution in [0.15, 0.2) is 18.5 Å². The highest BCUT2D eigenvalue weighted by Crippen LogP contribution is 2.39. The predicted molar refractivity (Wildman–Crippen MR) is 116 cm³/mol. The van der Waals surface area contributed by atoms with E-state index in [1.54, 1.807) is 0 Å². The highest BCUT2D eigenvalue weighted by molar-refractivity contribution is 6.33. The number of anilines is 1. The predicted octanol–water partition coefficient (Wildman–Crippen LogP) is 4.72. The van der Waals surface area contributed by atoms with Crippen molar-refractivity contribution in [2.75, 3.05) is 18.9 Å². The van der Waals surface area contributed by atoms with Gasteiger partial charge in [0.2, 0.25) is 0 Å². The van der Waals surface area contributed by atoms with E-state index in [-0.39, 0.29) is 33.5 Å². The second-order valence-electron chi connectivity index (χ2n) is 8.47. The number of halogens is 3. The molecule has 30 heavy (non-hydrogen) atoms. The molecule has 0 aliphatic heterocycles. The van der Waals surface area contributed by atoms with Crippen LogP contribution in [0.2, 0.25) is 5.15 Å². The third kappa shape index (κ3) is 4.54. The van der Waals surface area contributed by atoms with Crippen molar-refractivity contribution in [3.8, 4) is 11.1 Å². The first-order valence-electron chi connectivity index (χ1n) is 9.92. The van der Waals surface area contributed by atoms with Crippen molar-refractivity contribution in [3.05, 3.63) is 40.8 Å². The molecular formula is C21H27ClF2N6. The number of benzene rings is 1. The van der Waals surface area contributed by atoms with Gasteiger partial charge in [0.05, 0.1) is 11.1 Å². The molecule has 0 aliphatic carbocycles. The summed E-state index contributed by atoms with van der Waals surface area (Å²) in [6, 6.07) is 2.65. The first kappa shape index (κ1) is 22.4. The van der Waals surface area contributed by atoms with Gasteiger partial charge in [-0.1, -0.05) is 32.4 Å². The quantitative estimate of drug-likeness (QED) is 0.414. The van der Waals surface area contributed by atoms with Gasteiger partial charge < -0.3 is 10.6 Å². The van der Waals surface area contributed by atoms with Crippen molar-refractivity contribution < 1.29 is 8.78 Å². The van der Waals surface area contributed by atoms with Crippen molar-refractivity contribution in [1.29, 1.82) is 0 Å². The zero-order valence-electron chi connectivity index (χ0n) is 17.9. The van der Waals surface area contributed by atoms with E-state index in [4.69, 9.17) is 11.6 Å². The van der Waals surface area contributed by atoms with E-state index in [0.29, 0.717) is 17.8 Å². The van der Waals surface area contributed by atoms with Gasteiger partial charge in [0.15, 0.2) is 0 Å². The average Bonchev–Trinajstić information content (AvgIpc) is 3.10. The minimum absolute atomic E-state index is 0.0418. The van der Waals surface area contributed by atoms with Crippen LogP contribution in [0.5, 0.6) is 0 Å². The van der Waals surface area contributed by atoms with Gasteiger partial charge in [0, 0.05) is 6.04 Å². The van der Waals surface area contributed by atoms with Crippen LogP contribution in [-0.2, 0) is 6.42 Å². The Labute approximate surface area is 180 Å². The summed E-state index contributed by atoms with van der Waals surface area (Å²) in [7, 11) is 1.84. The third-order valence-corrected chi connectivity index (χ3v) is 5.55. The maximum absolute atomic E-state index is 15.1. The molecule has 0 spiro atoms. The number of aryl methyl sites for hydroxylation is 1. The summed E-state index contributed by atoms with van der Waals surface area (Å²) >= 11 is 6.41. The van der Waals surface area contributed by atoms with Crippen molar-refractivity contribution in [2.45, 2.75) is 46.6 Å². The first-order chi connectivity index (χ1) is 14.1. The Hall–Kier alpha value is -2.32. The van der Waals surface area contributed by atoms with Crippen LogP contribution >= 0.6 is 11.6 Å². The largest absolute Gasteiger partial charge is 0.366 e. The number of nitrogens with zero attached hydrogens (tertiary/aromatic N) is 4. The molecule has 1 aromatic carbocycles. The van der Waals surface area contributed by atoms with Gasteiger partial charge in [-0.05, 0) is 56.5 Å². The number of hydrogen-bond acceptors (Lipinski definition) is 5. The minimum atomic E-state index is -0.691. The molecule has 3 aromatic rings. The molecule has 0 bridgehead atoms. The molecule has 2 heterocycles. The van der Waals surface area contributed by atoms with E-state index < -0.39 is 11.6 Å². The van der Waals surface area contributed by atoms with E-state index in [0.717, 1.165) is 13.0 Å². The molecule has 0 amide bonds. The van der Waals surface area contributed by atoms with Crippen molar-refractivity contribution in [3.63, 3.8) is 0 Å². The SMILES string of the molecule is CNCCCc1cc(F)c(-c2c(Cl)nc3ncnn3c2N[C@H](C)C(C)(C)C)c(F)c1. The topological polar surface area (TPSA) is 67.1 Å². The van der Waals surface area contributed by atoms with Gasteiger partial charge in [-0.25, -0.2) is 8.78 Å². The summed E-state index contributed by atoms with van der Waals surface area (Å²) < 4.78 is 31.7. The molecule has 2 aromatic heterocycles. The third-order valence-electron chi connectivity index (χ3n) is 5.28. The lowest BCUT2D eigenvalue weighted by Crippen LogP contribution is -2.32. The molecule has 0 aliphatic rings. The van der Waals surface area contributed by atoms with Gasteiger partial charge >= 0.3 is 0 Å². The van der Waals surface area contributed by atoms with E-state index >= 15 is 8.78 Å². The van der Waals surface area contributed by atoms with E-state index in [2.05, 4.69) is 46.5 Å². The molecule has 6 nitrogen and oxygen atoms in total. The van der Waals surface area contributed by atoms with Crippen molar-refractivity contribution in [1.82, 2.24) is 24.9 Å². The van der Waals surface area contributed by atoms with Gasteiger partial charge in [-0.3, -0.25) is 0 Å². The summed E-state index contributed by atoms with van der Waals surface area (Å²) in [6.07, 6.45) is 2.67. The Kier molecular flexibility index (Phi) is 6.57. The van der Waals surface area contributed by atoms with Gasteiger partial charge in [0.25, 0.3) is 5.78 Å². The second kappa shape index (κ2) is 8.81. The van der Waals surface area contributed by atoms with Crippen molar-refractivity contribution >= 4 is 23.2 Å². The fourth-order valence-electron chi connectivity index (χ4n) is 3.07. The van der Waals surface area contributed by atoms with E-state index in [1.807, 2.05) is 14.0 Å². The number of rotatable bonds is 7. The first-order valence-corrected chi connectivity index (χ1v) is 10.3. The maximum atomic E-state index is 15.1. The number of nitrogens with one attached hydrogen (secondary N) is 2. The van der Waals surface area contributed by atoms with Crippen LogP contribution in [0.4, 0.5) is 14.6 Å². The summed E-state index contributed by atoms with van der Waals surface area (Å²) in [5.41, 5.74) is 0.356. The van der Waals surface area contributed by atoms with Gasteiger partial charge in [-0.2, -0.15) is 19.6 Å². The lowest BCUT2D eigenvalue weighted by Gasteiger charge is -2.30. The number of aromatic nitrogens is 4. The van der Waals surface area contributed by atoms with Gasteiger partial charge in [0.1, 0.15) is 28.9 Å². The van der Waals surface area contributed by atoms with Crippen LogP contribution in [0.3, 0.4) is 0 Å². The molecule has 0 unspecified atom stereocenters. The van der Waals surface area contributed by atoms with Crippen molar-refractivity contribution in [2.24, 2.45) is 5.41 Å². The molecule has 0 saturated carbocycles. The molecule has 0 fully saturated rings. The van der Waals surface area contributed by atoms with Crippen LogP contribution in [-0.4, -0.2) is 39.2 Å². The van der Waals surface area contributed by atoms with E-state index in [9.17, 15) is 0 Å². The summed E-state index contributed by atoms with van der Waals surface area (Å²) in [5.74, 6) is -0.782. The Morgan fingerprint density at radius 3 is 2.43 bits per heavy atom. The second-order valence-corrected chi connectivity index (χ2v) is 8.83. The zero-order chi connectivity index (χ0) is 22.1. The van der Waals surface area contributed by atoms with E-state index in [1.165, 1.54) is 23.0 Å². The average molecular weight is 437 g/mol. The molecule has 9 heteroatoms. The monoisotopic (exact) mass is 436 g/mol. The lowest BCUT2D eigenvalue weighted by molar-refractivity contribution is 0.358. The molecule has 1 atom stereocenters. The van der Waals surface area contributed by atoms with Gasteiger partial charge in [-0.15, -0.1) is 0 Å². The lowest BCUT2D eigenvalue weighted by atomic mass is 9.88. The zero-order valence-corrected chi connectivity index (χ0v) is 18.6. The Morgan fingerprint density at radius 1 is 1.17 bits per heavy atom. The standard InChI is InChI=1S/C21H27ClF2N6/c1-12(21(2,3)4)28-19-17(18(22)29-20-26-11-27-30(19)20)16-14(23)9-13(10-15(16)24)7-6-8-25-5/h9-12,25,28H,6-8H2,1-5H3/t12-/m1/s1. The fourth-order valence-corrected chi connectivity index (χ4v) is 3.33. The smallest absolute Gasteiger partial charge is 0.255 e. The Morgan fingerprint density at radius 2 is 1.83 bits per heavy atom. The Bertz CT molecular complexity index is 1020.